The maximum atomic E-state index is 6.24. The van der Waals surface area contributed by atoms with Crippen LogP contribution in [0.1, 0.15) is 16.7 Å². The lowest BCUT2D eigenvalue weighted by atomic mass is 10.1. The topological polar surface area (TPSA) is 21.3 Å². The van der Waals surface area contributed by atoms with Crippen molar-refractivity contribution in [3.05, 3.63) is 69.7 Å². The van der Waals surface area contributed by atoms with E-state index in [0.717, 1.165) is 11.3 Å². The van der Waals surface area contributed by atoms with Gasteiger partial charge in [-0.05, 0) is 43.2 Å². The number of anilines is 1. The molecule has 116 valence electrons. The highest BCUT2D eigenvalue weighted by Gasteiger charge is 2.11. The van der Waals surface area contributed by atoms with Crippen molar-refractivity contribution in [2.75, 3.05) is 11.9 Å². The highest BCUT2D eigenvalue weighted by atomic mass is 35.5. The average molecular weight is 336 g/mol. The first-order chi connectivity index (χ1) is 10.5. The number of hydrogen-bond donors (Lipinski definition) is 1. The zero-order valence-corrected chi connectivity index (χ0v) is 14.3. The smallest absolute Gasteiger partial charge is 0.143 e. The zero-order chi connectivity index (χ0) is 16.1. The fraction of sp³-hybridized carbons (Fsp3) is 0.222. The minimum atomic E-state index is 0.401. The van der Waals surface area contributed by atoms with E-state index in [1.165, 1.54) is 11.1 Å². The standard InChI is InChI=1S/C18H19Cl2NO/c1-4-8-22-18-14(9-15(19)10-16(18)20)11-21-17-7-5-6-12(2)13(17)3/h4-7,9-10,21H,1,8,11H2,2-3H3. The van der Waals surface area contributed by atoms with Crippen LogP contribution in [0, 0.1) is 13.8 Å². The lowest BCUT2D eigenvalue weighted by Crippen LogP contribution is -2.05. The Bertz CT molecular complexity index is 683. The molecular weight excluding hydrogens is 317 g/mol. The molecule has 0 unspecified atom stereocenters. The monoisotopic (exact) mass is 335 g/mol. The van der Waals surface area contributed by atoms with Crippen LogP contribution in [0.3, 0.4) is 0 Å². The zero-order valence-electron chi connectivity index (χ0n) is 12.7. The second-order valence-corrected chi connectivity index (χ2v) is 5.92. The van der Waals surface area contributed by atoms with Crippen LogP contribution in [0.15, 0.2) is 43.0 Å². The number of hydrogen-bond acceptors (Lipinski definition) is 2. The van der Waals surface area contributed by atoms with Gasteiger partial charge in [0.1, 0.15) is 12.4 Å². The molecule has 0 heterocycles. The molecule has 0 radical (unpaired) electrons. The minimum absolute atomic E-state index is 0.401. The predicted octanol–water partition coefficient (Wildman–Crippen LogP) is 5.79. The molecule has 0 fully saturated rings. The largest absolute Gasteiger partial charge is 0.488 e. The molecule has 4 heteroatoms. The molecule has 0 aliphatic carbocycles. The fourth-order valence-electron chi connectivity index (χ4n) is 2.18. The van der Waals surface area contributed by atoms with Gasteiger partial charge in [-0.15, -0.1) is 0 Å². The van der Waals surface area contributed by atoms with E-state index in [0.29, 0.717) is 28.9 Å². The first-order valence-corrected chi connectivity index (χ1v) is 7.80. The molecule has 0 amide bonds. The van der Waals surface area contributed by atoms with Crippen LogP contribution < -0.4 is 10.1 Å². The third-order valence-electron chi connectivity index (χ3n) is 3.50. The van der Waals surface area contributed by atoms with E-state index >= 15 is 0 Å². The maximum Gasteiger partial charge on any atom is 0.143 e. The van der Waals surface area contributed by atoms with Gasteiger partial charge in [-0.3, -0.25) is 0 Å². The Kier molecular flexibility index (Phi) is 5.76. The van der Waals surface area contributed by atoms with Gasteiger partial charge in [0, 0.05) is 22.8 Å². The summed E-state index contributed by atoms with van der Waals surface area (Å²) in [4.78, 5) is 0. The molecule has 0 aliphatic heterocycles. The average Bonchev–Trinajstić information content (AvgIpc) is 2.47. The van der Waals surface area contributed by atoms with Gasteiger partial charge < -0.3 is 10.1 Å². The third-order valence-corrected chi connectivity index (χ3v) is 4.00. The summed E-state index contributed by atoms with van der Waals surface area (Å²) in [6.45, 7) is 8.83. The summed E-state index contributed by atoms with van der Waals surface area (Å²) < 4.78 is 5.67. The van der Waals surface area contributed by atoms with Crippen LogP contribution in [-0.4, -0.2) is 6.61 Å². The van der Waals surface area contributed by atoms with E-state index in [-0.39, 0.29) is 0 Å². The minimum Gasteiger partial charge on any atom is -0.488 e. The Hall–Kier alpha value is -1.64. The number of rotatable bonds is 6. The Balaban J connectivity index is 2.24. The highest BCUT2D eigenvalue weighted by molar-refractivity contribution is 6.35. The molecule has 0 saturated heterocycles. The molecule has 0 aromatic heterocycles. The number of ether oxygens (including phenoxy) is 1. The van der Waals surface area contributed by atoms with E-state index in [1.54, 1.807) is 12.1 Å². The van der Waals surface area contributed by atoms with Gasteiger partial charge in [0.15, 0.2) is 0 Å². The van der Waals surface area contributed by atoms with Crippen molar-refractivity contribution in [2.45, 2.75) is 20.4 Å². The van der Waals surface area contributed by atoms with Crippen LogP contribution in [0.4, 0.5) is 5.69 Å². The van der Waals surface area contributed by atoms with E-state index in [1.807, 2.05) is 12.1 Å². The highest BCUT2D eigenvalue weighted by Crippen LogP contribution is 2.33. The summed E-state index contributed by atoms with van der Waals surface area (Å²) in [6.07, 6.45) is 1.69. The second-order valence-electron chi connectivity index (χ2n) is 5.08. The Morgan fingerprint density at radius 3 is 2.73 bits per heavy atom. The van der Waals surface area contributed by atoms with Crippen LogP contribution in [0.5, 0.6) is 5.75 Å². The van der Waals surface area contributed by atoms with Gasteiger partial charge in [-0.1, -0.05) is 48.0 Å². The number of aryl methyl sites for hydroxylation is 1. The van der Waals surface area contributed by atoms with Crippen LogP contribution in [0.25, 0.3) is 0 Å². The maximum absolute atomic E-state index is 6.24. The quantitative estimate of drug-likeness (QED) is 0.675. The summed E-state index contributed by atoms with van der Waals surface area (Å²) in [5.41, 5.74) is 4.48. The van der Waals surface area contributed by atoms with Gasteiger partial charge in [-0.2, -0.15) is 0 Å². The molecule has 0 spiro atoms. The van der Waals surface area contributed by atoms with Crippen molar-refractivity contribution in [1.82, 2.24) is 0 Å². The normalized spacial score (nSPS) is 10.4. The second kappa shape index (κ2) is 7.57. The SMILES string of the molecule is C=CCOc1c(Cl)cc(Cl)cc1CNc1cccc(C)c1C. The summed E-state index contributed by atoms with van der Waals surface area (Å²) >= 11 is 12.3. The Labute approximate surface area is 141 Å². The summed E-state index contributed by atoms with van der Waals surface area (Å²) in [5, 5.41) is 4.52. The summed E-state index contributed by atoms with van der Waals surface area (Å²) in [6, 6.07) is 9.73. The van der Waals surface area contributed by atoms with Crippen LogP contribution in [0.2, 0.25) is 10.0 Å². The molecule has 0 atom stereocenters. The van der Waals surface area contributed by atoms with Gasteiger partial charge in [0.2, 0.25) is 0 Å². The first-order valence-electron chi connectivity index (χ1n) is 7.04. The van der Waals surface area contributed by atoms with Crippen molar-refractivity contribution < 1.29 is 4.74 Å². The van der Waals surface area contributed by atoms with Crippen LogP contribution >= 0.6 is 23.2 Å². The molecule has 22 heavy (non-hydrogen) atoms. The van der Waals surface area contributed by atoms with E-state index in [9.17, 15) is 0 Å². The van der Waals surface area contributed by atoms with Crippen molar-refractivity contribution >= 4 is 28.9 Å². The first kappa shape index (κ1) is 16.7. The Morgan fingerprint density at radius 1 is 1.23 bits per heavy atom. The number of benzene rings is 2. The summed E-state index contributed by atoms with van der Waals surface area (Å²) in [5.74, 6) is 0.642. The molecule has 0 bridgehead atoms. The predicted molar refractivity (Wildman–Crippen MR) is 95.4 cm³/mol. The van der Waals surface area contributed by atoms with Crippen molar-refractivity contribution in [2.24, 2.45) is 0 Å². The van der Waals surface area contributed by atoms with Crippen molar-refractivity contribution in [1.29, 1.82) is 0 Å². The third kappa shape index (κ3) is 3.96. The van der Waals surface area contributed by atoms with E-state index < -0.39 is 0 Å². The summed E-state index contributed by atoms with van der Waals surface area (Å²) in [7, 11) is 0. The Morgan fingerprint density at radius 2 is 2.00 bits per heavy atom. The number of nitrogens with one attached hydrogen (secondary N) is 1. The van der Waals surface area contributed by atoms with Crippen molar-refractivity contribution in [3.63, 3.8) is 0 Å². The molecule has 2 rings (SSSR count). The van der Waals surface area contributed by atoms with Crippen molar-refractivity contribution in [3.8, 4) is 5.75 Å². The lowest BCUT2D eigenvalue weighted by molar-refractivity contribution is 0.360. The molecule has 2 nitrogen and oxygen atoms in total. The van der Waals surface area contributed by atoms with Gasteiger partial charge in [0.05, 0.1) is 5.02 Å². The fourth-order valence-corrected chi connectivity index (χ4v) is 2.77. The molecule has 1 N–H and O–H groups in total. The van der Waals surface area contributed by atoms with Crippen LogP contribution in [-0.2, 0) is 6.54 Å². The molecule has 0 aliphatic rings. The van der Waals surface area contributed by atoms with E-state index in [2.05, 4.69) is 37.9 Å². The van der Waals surface area contributed by atoms with E-state index in [4.69, 9.17) is 27.9 Å². The molecular formula is C18H19Cl2NO. The molecule has 0 saturated carbocycles. The molecule has 2 aromatic carbocycles. The number of halogens is 2. The van der Waals surface area contributed by atoms with Gasteiger partial charge in [0.25, 0.3) is 0 Å². The lowest BCUT2D eigenvalue weighted by Gasteiger charge is -2.16. The van der Waals surface area contributed by atoms with Gasteiger partial charge >= 0.3 is 0 Å². The van der Waals surface area contributed by atoms with Gasteiger partial charge in [-0.25, -0.2) is 0 Å². The molecule has 2 aromatic rings.